The minimum Gasteiger partial charge on any atom is -0.360 e. The number of aromatic nitrogens is 2. The average molecular weight is 625 g/mol. The number of rotatable bonds is 7. The summed E-state index contributed by atoms with van der Waals surface area (Å²) in [5.41, 5.74) is 5.35. The van der Waals surface area contributed by atoms with E-state index in [1.54, 1.807) is 6.07 Å². The summed E-state index contributed by atoms with van der Waals surface area (Å²) >= 11 is 1.17. The van der Waals surface area contributed by atoms with E-state index in [1.807, 2.05) is 4.72 Å². The molecule has 0 amide bonds. The van der Waals surface area contributed by atoms with Crippen molar-refractivity contribution >= 4 is 53.9 Å². The summed E-state index contributed by atoms with van der Waals surface area (Å²) in [6, 6.07) is 8.13. The zero-order valence-electron chi connectivity index (χ0n) is 21.1. The number of halogens is 3. The number of nitrogens with two attached hydrogens (primary N) is 1. The Morgan fingerprint density at radius 2 is 1.73 bits per heavy atom. The molecule has 1 unspecified atom stereocenters. The minimum atomic E-state index is -4.81. The Morgan fingerprint density at radius 1 is 1.05 bits per heavy atom. The van der Waals surface area contributed by atoms with Crippen LogP contribution in [0.2, 0.25) is 0 Å². The predicted octanol–water partition coefficient (Wildman–Crippen LogP) is 3.09. The number of thioether (sulfide) groups is 1. The molecule has 0 radical (unpaired) electrons. The molecule has 3 aliphatic rings. The quantitative estimate of drug-likeness (QED) is 0.308. The molecule has 1 atom stereocenters. The summed E-state index contributed by atoms with van der Waals surface area (Å²) in [6.45, 7) is 0. The molecule has 10 nitrogen and oxygen atoms in total. The fourth-order valence-corrected chi connectivity index (χ4v) is 9.91. The van der Waals surface area contributed by atoms with E-state index >= 15 is 4.39 Å². The normalized spacial score (nSPS) is 21.2. The van der Waals surface area contributed by atoms with Crippen molar-refractivity contribution in [1.82, 2.24) is 15.3 Å². The first-order valence-electron chi connectivity index (χ1n) is 12.3. The van der Waals surface area contributed by atoms with Gasteiger partial charge in [0.25, 0.3) is 10.0 Å². The zero-order valence-corrected chi connectivity index (χ0v) is 23.5. The van der Waals surface area contributed by atoms with Gasteiger partial charge in [0.05, 0.1) is 33.5 Å². The van der Waals surface area contributed by atoms with Gasteiger partial charge >= 0.3 is 0 Å². The maximum Gasteiger partial charge on any atom is 0.267 e. The van der Waals surface area contributed by atoms with Crippen molar-refractivity contribution in [3.8, 4) is 0 Å². The van der Waals surface area contributed by atoms with Crippen LogP contribution in [-0.2, 0) is 19.9 Å². The molecule has 1 saturated carbocycles. The minimum absolute atomic E-state index is 0.0206. The molecule has 1 aliphatic carbocycles. The first-order chi connectivity index (χ1) is 19.3. The van der Waals surface area contributed by atoms with Crippen LogP contribution >= 0.6 is 11.8 Å². The third kappa shape index (κ3) is 5.24. The lowest BCUT2D eigenvalue weighted by Gasteiger charge is -2.53. The molecule has 2 aromatic carbocycles. The number of sulfonamides is 1. The van der Waals surface area contributed by atoms with Crippen LogP contribution in [-0.4, -0.2) is 49.8 Å². The van der Waals surface area contributed by atoms with Crippen LogP contribution in [0, 0.1) is 22.9 Å². The molecule has 2 fully saturated rings. The topological polar surface area (TPSA) is 156 Å². The molecular weight excluding hydrogens is 602 g/mol. The first-order valence-corrected chi connectivity index (χ1v) is 16.5. The SMILES string of the molecule is NC1NC(c2cccc(NS(=O)(=O)c3c(F)cccc3F)c2F)=C(c2ccnc(NC3CC4(C3)CS(=O)(=O)C4)n2)S1. The standard InChI is InChI=1S/C25H23F3N6O4S3/c26-15-4-2-5-16(27)22(15)41(37,38)34-17-6-1-3-14(19(17)28)20-21(39-23(29)33-20)18-7-8-30-24(32-18)31-13-9-25(10-13)11-40(35,36)12-25/h1-8,13,23,33-34H,9-12,29H2,(H,30,31,32). The molecule has 16 heteroatoms. The van der Waals surface area contributed by atoms with Gasteiger partial charge in [-0.3, -0.25) is 4.72 Å². The van der Waals surface area contributed by atoms with E-state index in [1.165, 1.54) is 30.1 Å². The van der Waals surface area contributed by atoms with Gasteiger partial charge in [-0.05, 0) is 43.2 Å². The highest BCUT2D eigenvalue weighted by Gasteiger charge is 2.56. The van der Waals surface area contributed by atoms with Gasteiger partial charge < -0.3 is 16.4 Å². The first kappa shape index (κ1) is 27.8. The molecule has 1 saturated heterocycles. The Kier molecular flexibility index (Phi) is 6.71. The number of nitrogens with one attached hydrogen (secondary N) is 3. The molecule has 6 rings (SSSR count). The second-order valence-electron chi connectivity index (χ2n) is 10.3. The van der Waals surface area contributed by atoms with Crippen molar-refractivity contribution in [3.05, 3.63) is 77.4 Å². The number of hydrogen-bond acceptors (Lipinski definition) is 10. The van der Waals surface area contributed by atoms with Crippen LogP contribution < -0.4 is 21.1 Å². The second kappa shape index (κ2) is 9.89. The Hall–Kier alpha value is -3.34. The van der Waals surface area contributed by atoms with Crippen LogP contribution in [0.4, 0.5) is 24.8 Å². The summed E-state index contributed by atoms with van der Waals surface area (Å²) in [5.74, 6) is -2.92. The van der Waals surface area contributed by atoms with Gasteiger partial charge in [0.15, 0.2) is 20.5 Å². The molecule has 2 aliphatic heterocycles. The van der Waals surface area contributed by atoms with Crippen LogP contribution in [0.5, 0.6) is 0 Å². The lowest BCUT2D eigenvalue weighted by atomic mass is 9.67. The second-order valence-corrected chi connectivity index (χ2v) is 15.1. The maximum atomic E-state index is 15.7. The molecule has 1 aromatic heterocycles. The molecule has 5 N–H and O–H groups in total. The molecule has 41 heavy (non-hydrogen) atoms. The maximum absolute atomic E-state index is 15.7. The fraction of sp³-hybridized carbons (Fsp3) is 0.280. The molecule has 216 valence electrons. The number of anilines is 2. The van der Waals surface area contributed by atoms with Crippen molar-refractivity contribution in [1.29, 1.82) is 0 Å². The fourth-order valence-electron chi connectivity index (χ4n) is 5.50. The Balaban J connectivity index is 1.27. The number of benzene rings is 2. The highest BCUT2D eigenvalue weighted by atomic mass is 32.2. The Labute approximate surface area is 238 Å². The summed E-state index contributed by atoms with van der Waals surface area (Å²) < 4.78 is 94.6. The molecule has 1 spiro atoms. The smallest absolute Gasteiger partial charge is 0.267 e. The summed E-state index contributed by atoms with van der Waals surface area (Å²) in [5, 5.41) is 6.18. The van der Waals surface area contributed by atoms with Gasteiger partial charge in [-0.15, -0.1) is 0 Å². The van der Waals surface area contributed by atoms with E-state index in [-0.39, 0.29) is 34.2 Å². The lowest BCUT2D eigenvalue weighted by Crippen LogP contribution is -2.60. The van der Waals surface area contributed by atoms with Gasteiger partial charge in [-0.25, -0.2) is 40.0 Å². The van der Waals surface area contributed by atoms with Crippen LogP contribution in [0.1, 0.15) is 24.1 Å². The van der Waals surface area contributed by atoms with Gasteiger partial charge in [-0.1, -0.05) is 23.9 Å². The van der Waals surface area contributed by atoms with Crippen molar-refractivity contribution in [2.45, 2.75) is 29.3 Å². The van der Waals surface area contributed by atoms with E-state index in [9.17, 15) is 25.6 Å². The zero-order chi connectivity index (χ0) is 29.2. The van der Waals surface area contributed by atoms with Gasteiger partial charge in [0.1, 0.15) is 17.1 Å². The lowest BCUT2D eigenvalue weighted by molar-refractivity contribution is 0.153. The molecule has 0 bridgehead atoms. The third-order valence-corrected chi connectivity index (χ3v) is 11.6. The van der Waals surface area contributed by atoms with Gasteiger partial charge in [0.2, 0.25) is 5.95 Å². The van der Waals surface area contributed by atoms with Gasteiger partial charge in [-0.2, -0.15) is 0 Å². The van der Waals surface area contributed by atoms with E-state index in [4.69, 9.17) is 5.73 Å². The van der Waals surface area contributed by atoms with E-state index in [0.717, 1.165) is 24.3 Å². The van der Waals surface area contributed by atoms with E-state index < -0.39 is 53.4 Å². The Morgan fingerprint density at radius 3 is 2.41 bits per heavy atom. The van der Waals surface area contributed by atoms with Gasteiger partial charge in [0, 0.05) is 23.2 Å². The van der Waals surface area contributed by atoms with Crippen molar-refractivity contribution in [3.63, 3.8) is 0 Å². The largest absolute Gasteiger partial charge is 0.360 e. The highest BCUT2D eigenvalue weighted by Crippen LogP contribution is 2.50. The summed E-state index contributed by atoms with van der Waals surface area (Å²) in [7, 11) is -7.73. The summed E-state index contributed by atoms with van der Waals surface area (Å²) in [6.07, 6.45) is 2.91. The van der Waals surface area contributed by atoms with Crippen LogP contribution in [0.3, 0.4) is 0 Å². The van der Waals surface area contributed by atoms with Crippen molar-refractivity contribution in [2.75, 3.05) is 21.5 Å². The van der Waals surface area contributed by atoms with Crippen LogP contribution in [0.25, 0.3) is 10.6 Å². The monoisotopic (exact) mass is 624 g/mol. The van der Waals surface area contributed by atoms with E-state index in [0.29, 0.717) is 29.4 Å². The van der Waals surface area contributed by atoms with E-state index in [2.05, 4.69) is 20.6 Å². The van der Waals surface area contributed by atoms with Crippen molar-refractivity contribution < 1.29 is 30.0 Å². The van der Waals surface area contributed by atoms with Crippen molar-refractivity contribution in [2.24, 2.45) is 11.1 Å². The number of hydrogen-bond donors (Lipinski definition) is 4. The van der Waals surface area contributed by atoms with Crippen LogP contribution in [0.15, 0.2) is 53.6 Å². The average Bonchev–Trinajstić information content (AvgIpc) is 3.24. The molecule has 3 aromatic rings. The number of sulfone groups is 1. The summed E-state index contributed by atoms with van der Waals surface area (Å²) in [4.78, 5) is 8.04. The highest BCUT2D eigenvalue weighted by molar-refractivity contribution is 8.09. The Bertz CT molecular complexity index is 1780. The number of nitrogens with zero attached hydrogens (tertiary/aromatic N) is 2. The molecule has 3 heterocycles. The predicted molar refractivity (Wildman–Crippen MR) is 149 cm³/mol. The molecular formula is C25H23F3N6O4S3. The third-order valence-electron chi connectivity index (χ3n) is 7.09.